The van der Waals surface area contributed by atoms with E-state index < -0.39 is 0 Å². The maximum atomic E-state index is 5.12. The van der Waals surface area contributed by atoms with Crippen LogP contribution in [0.5, 0.6) is 0 Å². The number of nitrogens with zero attached hydrogens (tertiary/aromatic N) is 4. The minimum atomic E-state index is 0.716. The van der Waals surface area contributed by atoms with Gasteiger partial charge < -0.3 is 9.13 Å². The van der Waals surface area contributed by atoms with Crippen LogP contribution in [-0.4, -0.2) is 19.1 Å². The summed E-state index contributed by atoms with van der Waals surface area (Å²) < 4.78 is 4.84. The third-order valence-electron chi connectivity index (χ3n) is 9.52. The molecule has 0 aliphatic carbocycles. The molecular weight excluding hydrogens is 585 g/mol. The number of para-hydroxylation sites is 4. The molecule has 0 bridgehead atoms. The summed E-state index contributed by atoms with van der Waals surface area (Å²) in [5.74, 6) is 0.716. The van der Waals surface area contributed by atoms with E-state index in [1.807, 2.05) is 18.2 Å². The lowest BCUT2D eigenvalue weighted by atomic mass is 10.1. The Hall–Kier alpha value is -6.52. The molecule has 0 atom stereocenters. The molecule has 0 spiro atoms. The first-order chi connectivity index (χ1) is 23.8. The van der Waals surface area contributed by atoms with Crippen LogP contribution in [0.4, 0.5) is 0 Å². The van der Waals surface area contributed by atoms with Crippen molar-refractivity contribution in [3.63, 3.8) is 0 Å². The van der Waals surface area contributed by atoms with Crippen LogP contribution in [0, 0.1) is 0 Å². The first kappa shape index (κ1) is 26.7. The number of fused-ring (bicyclic) bond motifs is 8. The molecule has 0 amide bonds. The molecule has 7 aromatic carbocycles. The first-order valence-electron chi connectivity index (χ1n) is 16.3. The zero-order valence-electron chi connectivity index (χ0n) is 26.0. The Kier molecular flexibility index (Phi) is 5.84. The van der Waals surface area contributed by atoms with Gasteiger partial charge in [-0.15, -0.1) is 0 Å². The topological polar surface area (TPSA) is 35.6 Å². The predicted octanol–water partition coefficient (Wildman–Crippen LogP) is 11.2. The van der Waals surface area contributed by atoms with E-state index in [9.17, 15) is 0 Å². The van der Waals surface area contributed by atoms with Gasteiger partial charge in [-0.25, -0.2) is 9.97 Å². The van der Waals surface area contributed by atoms with Crippen molar-refractivity contribution < 1.29 is 0 Å². The van der Waals surface area contributed by atoms with Gasteiger partial charge in [0.15, 0.2) is 5.82 Å². The Labute approximate surface area is 276 Å². The second-order valence-electron chi connectivity index (χ2n) is 12.2. The van der Waals surface area contributed by atoms with Gasteiger partial charge in [-0.05, 0) is 54.6 Å². The molecule has 10 aromatic rings. The summed E-state index contributed by atoms with van der Waals surface area (Å²) in [4.78, 5) is 10.1. The Balaban J connectivity index is 1.23. The van der Waals surface area contributed by atoms with Crippen molar-refractivity contribution >= 4 is 54.5 Å². The first-order valence-corrected chi connectivity index (χ1v) is 16.3. The molecule has 0 N–H and O–H groups in total. The molecule has 4 nitrogen and oxygen atoms in total. The van der Waals surface area contributed by atoms with Gasteiger partial charge in [-0.3, -0.25) is 0 Å². The number of hydrogen-bond acceptors (Lipinski definition) is 2. The van der Waals surface area contributed by atoms with E-state index in [2.05, 4.69) is 161 Å². The van der Waals surface area contributed by atoms with Crippen LogP contribution in [0.2, 0.25) is 0 Å². The van der Waals surface area contributed by atoms with Crippen LogP contribution in [0.15, 0.2) is 170 Å². The molecule has 0 aliphatic heterocycles. The molecule has 0 fully saturated rings. The molecule has 4 heteroatoms. The van der Waals surface area contributed by atoms with E-state index in [1.54, 1.807) is 0 Å². The zero-order chi connectivity index (χ0) is 31.6. The van der Waals surface area contributed by atoms with Crippen molar-refractivity contribution in [1.82, 2.24) is 19.1 Å². The largest absolute Gasteiger partial charge is 0.307 e. The molecule has 0 saturated heterocycles. The Morgan fingerprint density at radius 3 is 1.46 bits per heavy atom. The van der Waals surface area contributed by atoms with Crippen LogP contribution >= 0.6 is 0 Å². The maximum absolute atomic E-state index is 5.12. The van der Waals surface area contributed by atoms with E-state index in [1.165, 1.54) is 43.6 Å². The standard InChI is InChI=1S/C44H28N4/c1-3-13-29(14-4-1)41-37-19-7-10-20-38(37)45-44(46-41)30-23-25-32(26-24-30)48-40-22-12-9-18-34(40)36-28-27-35-33-17-8-11-21-39(33)47(42(35)43(36)48)31-15-5-2-6-16-31/h1-28H. The van der Waals surface area contributed by atoms with Crippen molar-refractivity contribution in [1.29, 1.82) is 0 Å². The van der Waals surface area contributed by atoms with Crippen LogP contribution < -0.4 is 0 Å². The van der Waals surface area contributed by atoms with Gasteiger partial charge in [0.05, 0.1) is 33.3 Å². The highest BCUT2D eigenvalue weighted by Gasteiger charge is 2.21. The molecule has 48 heavy (non-hydrogen) atoms. The quantitative estimate of drug-likeness (QED) is 0.198. The van der Waals surface area contributed by atoms with Crippen molar-refractivity contribution in [3.8, 4) is 34.0 Å². The minimum Gasteiger partial charge on any atom is -0.307 e. The molecular formula is C44H28N4. The molecule has 10 rings (SSSR count). The number of benzene rings is 7. The monoisotopic (exact) mass is 612 g/mol. The normalized spacial score (nSPS) is 11.8. The molecule has 0 saturated carbocycles. The summed E-state index contributed by atoms with van der Waals surface area (Å²) in [5.41, 5.74) is 10.9. The second kappa shape index (κ2) is 10.5. The summed E-state index contributed by atoms with van der Waals surface area (Å²) in [6, 6.07) is 60.1. The fourth-order valence-electron chi connectivity index (χ4n) is 7.40. The number of aromatic nitrogens is 4. The molecule has 0 radical (unpaired) electrons. The fraction of sp³-hybridized carbons (Fsp3) is 0. The average molecular weight is 613 g/mol. The molecule has 3 aromatic heterocycles. The van der Waals surface area contributed by atoms with E-state index in [4.69, 9.17) is 9.97 Å². The van der Waals surface area contributed by atoms with Crippen LogP contribution in [-0.2, 0) is 0 Å². The highest BCUT2D eigenvalue weighted by atomic mass is 15.0. The van der Waals surface area contributed by atoms with Crippen molar-refractivity contribution in [2.24, 2.45) is 0 Å². The van der Waals surface area contributed by atoms with Gasteiger partial charge in [0.1, 0.15) is 0 Å². The smallest absolute Gasteiger partial charge is 0.160 e. The van der Waals surface area contributed by atoms with Gasteiger partial charge in [0.2, 0.25) is 0 Å². The Bertz CT molecular complexity index is 2810. The third-order valence-corrected chi connectivity index (χ3v) is 9.52. The minimum absolute atomic E-state index is 0.716. The summed E-state index contributed by atoms with van der Waals surface area (Å²) in [5, 5.41) is 5.99. The van der Waals surface area contributed by atoms with Crippen molar-refractivity contribution in [3.05, 3.63) is 170 Å². The van der Waals surface area contributed by atoms with E-state index in [-0.39, 0.29) is 0 Å². The predicted molar refractivity (Wildman–Crippen MR) is 199 cm³/mol. The average Bonchev–Trinajstić information content (AvgIpc) is 3.68. The van der Waals surface area contributed by atoms with E-state index in [0.717, 1.165) is 39.1 Å². The van der Waals surface area contributed by atoms with Crippen LogP contribution in [0.3, 0.4) is 0 Å². The van der Waals surface area contributed by atoms with Crippen molar-refractivity contribution in [2.75, 3.05) is 0 Å². The van der Waals surface area contributed by atoms with Crippen LogP contribution in [0.1, 0.15) is 0 Å². The molecule has 0 unspecified atom stereocenters. The highest BCUT2D eigenvalue weighted by Crippen LogP contribution is 2.41. The zero-order valence-corrected chi connectivity index (χ0v) is 26.0. The molecule has 224 valence electrons. The van der Waals surface area contributed by atoms with Crippen LogP contribution in [0.25, 0.3) is 88.5 Å². The summed E-state index contributed by atoms with van der Waals surface area (Å²) in [6.07, 6.45) is 0. The molecule has 0 aliphatic rings. The molecule has 3 heterocycles. The summed E-state index contributed by atoms with van der Waals surface area (Å²) in [6.45, 7) is 0. The second-order valence-corrected chi connectivity index (χ2v) is 12.2. The number of rotatable bonds is 4. The lowest BCUT2D eigenvalue weighted by Gasteiger charge is -2.13. The van der Waals surface area contributed by atoms with Gasteiger partial charge in [-0.2, -0.15) is 0 Å². The number of hydrogen-bond donors (Lipinski definition) is 0. The Morgan fingerprint density at radius 1 is 0.333 bits per heavy atom. The van der Waals surface area contributed by atoms with Gasteiger partial charge in [-0.1, -0.05) is 115 Å². The van der Waals surface area contributed by atoms with E-state index in [0.29, 0.717) is 5.82 Å². The third kappa shape index (κ3) is 3.96. The SMILES string of the molecule is c1ccc(-c2nc(-c3ccc(-n4c5ccccc5c5ccc6c7ccccc7n(-c7ccccc7)c6c54)cc3)nc3ccccc23)cc1. The van der Waals surface area contributed by atoms with Gasteiger partial charge in [0, 0.05) is 49.4 Å². The summed E-state index contributed by atoms with van der Waals surface area (Å²) >= 11 is 0. The lowest BCUT2D eigenvalue weighted by molar-refractivity contribution is 1.15. The highest BCUT2D eigenvalue weighted by molar-refractivity contribution is 6.23. The van der Waals surface area contributed by atoms with Crippen molar-refractivity contribution in [2.45, 2.75) is 0 Å². The summed E-state index contributed by atoms with van der Waals surface area (Å²) in [7, 11) is 0. The Morgan fingerprint density at radius 2 is 0.833 bits per heavy atom. The van der Waals surface area contributed by atoms with E-state index >= 15 is 0 Å². The van der Waals surface area contributed by atoms with Gasteiger partial charge in [0.25, 0.3) is 0 Å². The maximum Gasteiger partial charge on any atom is 0.160 e. The fourth-order valence-corrected chi connectivity index (χ4v) is 7.40. The van der Waals surface area contributed by atoms with Gasteiger partial charge >= 0.3 is 0 Å². The lowest BCUT2D eigenvalue weighted by Crippen LogP contribution is -1.99.